The smallest absolute Gasteiger partial charge is 0.350 e. The fourth-order valence-corrected chi connectivity index (χ4v) is 6.02. The maximum Gasteiger partial charge on any atom is 0.350 e. The minimum atomic E-state index is -0.541. The van der Waals surface area contributed by atoms with Crippen molar-refractivity contribution >= 4 is 89.8 Å². The van der Waals surface area contributed by atoms with Gasteiger partial charge in [-0.25, -0.2) is 14.6 Å². The van der Waals surface area contributed by atoms with Crippen molar-refractivity contribution < 1.29 is 28.5 Å². The third-order valence-corrected chi connectivity index (χ3v) is 8.18. The Balaban J connectivity index is 1.66. The summed E-state index contributed by atoms with van der Waals surface area (Å²) in [6.07, 6.45) is 0. The standard InChI is InChI=1S/C31H25N5O6S2/c1-5-41-30(37)26-24(34-16-32-18-7-11-20(39-3)12-8-18)22-15-23-25(35-17-33-19-9-13-21(40-4)14-10-19)27(31(38)42-6-2)44-29(23)36-28(22)43-26/h7-15H,5-6H2,1-4H3. The summed E-state index contributed by atoms with van der Waals surface area (Å²) in [5, 5.41) is 1.08. The Labute approximate surface area is 259 Å². The number of fused-ring (bicyclic) bond motifs is 2. The number of methoxy groups -OCH3 is 2. The van der Waals surface area contributed by atoms with Gasteiger partial charge in [-0.05, 0) is 68.4 Å². The molecule has 13 heteroatoms. The molecule has 0 aliphatic heterocycles. The number of carbonyl (C=O) groups is 2. The second-order valence-corrected chi connectivity index (χ2v) is 10.7. The number of carbonyl (C=O) groups excluding carboxylic acids is 2. The van der Waals surface area contributed by atoms with E-state index in [1.165, 1.54) is 0 Å². The van der Waals surface area contributed by atoms with E-state index in [4.69, 9.17) is 23.9 Å². The van der Waals surface area contributed by atoms with E-state index in [1.807, 2.05) is 0 Å². The normalized spacial score (nSPS) is 10.5. The first-order chi connectivity index (χ1) is 21.4. The van der Waals surface area contributed by atoms with Gasteiger partial charge in [0.2, 0.25) is 0 Å². The molecule has 0 amide bonds. The first-order valence-corrected chi connectivity index (χ1v) is 14.9. The lowest BCUT2D eigenvalue weighted by Crippen LogP contribution is -2.02. The van der Waals surface area contributed by atoms with Crippen molar-refractivity contribution in [2.24, 2.45) is 20.0 Å². The largest absolute Gasteiger partial charge is 0.497 e. The number of benzene rings is 2. The summed E-state index contributed by atoms with van der Waals surface area (Å²) in [4.78, 5) is 49.4. The Morgan fingerprint density at radius 2 is 1.09 bits per heavy atom. The van der Waals surface area contributed by atoms with Crippen molar-refractivity contribution in [2.45, 2.75) is 13.8 Å². The third-order valence-electron chi connectivity index (χ3n) is 6.04. The van der Waals surface area contributed by atoms with Crippen LogP contribution in [-0.4, -0.2) is 56.4 Å². The molecule has 3 heterocycles. The number of esters is 2. The van der Waals surface area contributed by atoms with Crippen molar-refractivity contribution in [1.82, 2.24) is 4.98 Å². The molecule has 0 aliphatic carbocycles. The highest BCUT2D eigenvalue weighted by Gasteiger charge is 2.25. The monoisotopic (exact) mass is 627 g/mol. The molecule has 5 rings (SSSR count). The summed E-state index contributed by atoms with van der Waals surface area (Å²) in [5.74, 6) is 0.298. The van der Waals surface area contributed by atoms with Gasteiger partial charge in [-0.1, -0.05) is 0 Å². The SMILES string of the molecule is CCOC(=O)c1sc2nc3sc(C(=O)OCC)c(N=C=Nc4ccc(OC)cc4)c3cc2c1N=C=Nc1ccc(OC)cc1. The Hall–Kier alpha value is -5.19. The molecule has 0 saturated heterocycles. The van der Waals surface area contributed by atoms with Crippen LogP contribution < -0.4 is 9.47 Å². The highest BCUT2D eigenvalue weighted by atomic mass is 32.1. The van der Waals surface area contributed by atoms with E-state index >= 15 is 0 Å². The van der Waals surface area contributed by atoms with Gasteiger partial charge in [-0.3, -0.25) is 0 Å². The lowest BCUT2D eigenvalue weighted by molar-refractivity contribution is 0.0523. The molecular weight excluding hydrogens is 603 g/mol. The molecule has 0 aliphatic rings. The molecule has 0 radical (unpaired) electrons. The fraction of sp³-hybridized carbons (Fsp3) is 0.194. The molecule has 5 aromatic rings. The van der Waals surface area contributed by atoms with E-state index in [0.717, 1.165) is 22.7 Å². The van der Waals surface area contributed by atoms with Crippen molar-refractivity contribution in [3.63, 3.8) is 0 Å². The number of hydrogen-bond acceptors (Lipinski definition) is 13. The van der Waals surface area contributed by atoms with Crippen molar-refractivity contribution in [1.29, 1.82) is 0 Å². The van der Waals surface area contributed by atoms with Crippen molar-refractivity contribution in [3.8, 4) is 11.5 Å². The van der Waals surface area contributed by atoms with Gasteiger partial charge < -0.3 is 18.9 Å². The zero-order chi connectivity index (χ0) is 31.1. The van der Waals surface area contributed by atoms with Crippen LogP contribution in [0.4, 0.5) is 22.7 Å². The Morgan fingerprint density at radius 3 is 1.45 bits per heavy atom. The first kappa shape index (κ1) is 30.3. The van der Waals surface area contributed by atoms with Gasteiger partial charge >= 0.3 is 11.9 Å². The Morgan fingerprint density at radius 1 is 0.682 bits per heavy atom. The number of thiophene rings is 2. The molecule has 44 heavy (non-hydrogen) atoms. The second kappa shape index (κ2) is 13.9. The molecule has 0 bridgehead atoms. The van der Waals surface area contributed by atoms with Gasteiger partial charge in [0, 0.05) is 10.8 Å². The van der Waals surface area contributed by atoms with Crippen molar-refractivity contribution in [3.05, 3.63) is 64.4 Å². The maximum atomic E-state index is 12.9. The Kier molecular flexibility index (Phi) is 9.53. The topological polar surface area (TPSA) is 133 Å². The number of nitrogens with zero attached hydrogens (tertiary/aromatic N) is 5. The van der Waals surface area contributed by atoms with E-state index in [9.17, 15) is 9.59 Å². The summed E-state index contributed by atoms with van der Waals surface area (Å²) in [6, 6.07) is 21.2. The molecule has 0 unspecified atom stereocenters. The van der Waals surface area contributed by atoms with E-state index < -0.39 is 11.9 Å². The van der Waals surface area contributed by atoms with Gasteiger partial charge in [0.25, 0.3) is 0 Å². The Bertz CT molecular complexity index is 1830. The highest BCUT2D eigenvalue weighted by molar-refractivity contribution is 7.23. The zero-order valence-electron chi connectivity index (χ0n) is 24.1. The van der Waals surface area contributed by atoms with Crippen LogP contribution in [0.25, 0.3) is 20.4 Å². The third kappa shape index (κ3) is 6.56. The van der Waals surface area contributed by atoms with Crippen LogP contribution in [0.2, 0.25) is 0 Å². The number of rotatable bonds is 10. The summed E-state index contributed by atoms with van der Waals surface area (Å²) in [6.45, 7) is 3.83. The number of hydrogen-bond donors (Lipinski definition) is 0. The van der Waals surface area contributed by atoms with Crippen LogP contribution in [0.15, 0.2) is 74.6 Å². The quantitative estimate of drug-likeness (QED) is 0.113. The lowest BCUT2D eigenvalue weighted by atomic mass is 10.2. The minimum Gasteiger partial charge on any atom is -0.497 e. The van der Waals surface area contributed by atoms with Gasteiger partial charge in [-0.15, -0.1) is 22.7 Å². The van der Waals surface area contributed by atoms with Crippen molar-refractivity contribution in [2.75, 3.05) is 27.4 Å². The van der Waals surface area contributed by atoms with E-state index in [1.54, 1.807) is 82.7 Å². The lowest BCUT2D eigenvalue weighted by Gasteiger charge is -2.00. The van der Waals surface area contributed by atoms with Gasteiger partial charge in [0.15, 0.2) is 0 Å². The number of pyridine rings is 1. The number of aliphatic imine (C=N–C) groups is 4. The molecule has 2 aromatic carbocycles. The maximum absolute atomic E-state index is 12.9. The molecule has 0 saturated carbocycles. The van der Waals surface area contributed by atoms with E-state index in [0.29, 0.717) is 54.7 Å². The predicted molar refractivity (Wildman–Crippen MR) is 171 cm³/mol. The predicted octanol–water partition coefficient (Wildman–Crippen LogP) is 8.16. The molecule has 3 aromatic heterocycles. The molecule has 0 spiro atoms. The molecule has 0 N–H and O–H groups in total. The minimum absolute atomic E-state index is 0.188. The van der Waals surface area contributed by atoms with E-state index in [-0.39, 0.29) is 23.0 Å². The molecule has 222 valence electrons. The van der Waals surface area contributed by atoms with Gasteiger partial charge in [0.05, 0.1) is 38.8 Å². The average Bonchev–Trinajstić information content (AvgIpc) is 3.58. The van der Waals surface area contributed by atoms with Crippen LogP contribution in [0.1, 0.15) is 33.2 Å². The molecule has 0 atom stereocenters. The summed E-state index contributed by atoms with van der Waals surface area (Å²) in [5.41, 5.74) is 1.77. The second-order valence-electron chi connectivity index (χ2n) is 8.74. The number of ether oxygens (including phenoxy) is 4. The van der Waals surface area contributed by atoms with Crippen LogP contribution in [0, 0.1) is 0 Å². The van der Waals surface area contributed by atoms with Gasteiger partial charge in [-0.2, -0.15) is 20.0 Å². The number of aromatic nitrogens is 1. The zero-order valence-corrected chi connectivity index (χ0v) is 25.7. The van der Waals surface area contributed by atoms with Crippen LogP contribution in [0.5, 0.6) is 11.5 Å². The fourth-order valence-electron chi connectivity index (χ4n) is 3.98. The molecule has 0 fully saturated rings. The van der Waals surface area contributed by atoms with E-state index in [2.05, 4.69) is 32.0 Å². The molecular formula is C31H25N5O6S2. The summed E-state index contributed by atoms with van der Waals surface area (Å²) < 4.78 is 20.9. The summed E-state index contributed by atoms with van der Waals surface area (Å²) >= 11 is 2.26. The first-order valence-electron chi connectivity index (χ1n) is 13.3. The summed E-state index contributed by atoms with van der Waals surface area (Å²) in [7, 11) is 3.16. The highest BCUT2D eigenvalue weighted by Crippen LogP contribution is 2.44. The van der Waals surface area contributed by atoms with Crippen LogP contribution >= 0.6 is 22.7 Å². The molecule has 11 nitrogen and oxygen atoms in total. The van der Waals surface area contributed by atoms with Crippen LogP contribution in [0.3, 0.4) is 0 Å². The average molecular weight is 628 g/mol. The van der Waals surface area contributed by atoms with Gasteiger partial charge in [0.1, 0.15) is 54.3 Å². The van der Waals surface area contributed by atoms with Crippen LogP contribution in [-0.2, 0) is 9.47 Å².